The van der Waals surface area contributed by atoms with Crippen molar-refractivity contribution in [3.8, 4) is 0 Å². The average molecular weight is 402 g/mol. The molecule has 1 aromatic rings. The number of hydrogen-bond donors (Lipinski definition) is 1. The van der Waals surface area contributed by atoms with Crippen molar-refractivity contribution in [2.45, 2.75) is 26.4 Å². The highest BCUT2D eigenvalue weighted by atomic mass is 79.9. The standard InChI is InChI=1S/C16H24BrN3O4/c1-16(2,3)24-15(22)20-10-8-19(9-11-20)7-6-18-14(21)12-4-5-13(17)23-12/h4-5H,6-11H2,1-3H3,(H,18,21). The van der Waals surface area contributed by atoms with Crippen LogP contribution in [0, 0.1) is 0 Å². The van der Waals surface area contributed by atoms with Gasteiger partial charge in [0.25, 0.3) is 5.91 Å². The number of nitrogens with zero attached hydrogens (tertiary/aromatic N) is 2. The second-order valence-electron chi connectivity index (χ2n) is 6.67. The molecule has 0 aliphatic carbocycles. The molecule has 1 aliphatic rings. The monoisotopic (exact) mass is 401 g/mol. The quantitative estimate of drug-likeness (QED) is 0.837. The van der Waals surface area contributed by atoms with E-state index < -0.39 is 5.60 Å². The molecule has 0 saturated carbocycles. The van der Waals surface area contributed by atoms with Crippen molar-refractivity contribution in [2.24, 2.45) is 0 Å². The molecule has 0 unspecified atom stereocenters. The average Bonchev–Trinajstić information content (AvgIpc) is 2.93. The van der Waals surface area contributed by atoms with Crippen LogP contribution in [0.15, 0.2) is 21.2 Å². The first-order valence-electron chi connectivity index (χ1n) is 7.98. The molecule has 7 nitrogen and oxygen atoms in total. The Morgan fingerprint density at radius 2 is 1.92 bits per heavy atom. The van der Waals surface area contributed by atoms with Crippen molar-refractivity contribution in [1.82, 2.24) is 15.1 Å². The molecule has 1 fully saturated rings. The Hall–Kier alpha value is -1.54. The minimum absolute atomic E-state index is 0.229. The molecule has 2 heterocycles. The summed E-state index contributed by atoms with van der Waals surface area (Å²) >= 11 is 3.17. The lowest BCUT2D eigenvalue weighted by molar-refractivity contribution is 0.0147. The Morgan fingerprint density at radius 3 is 2.46 bits per heavy atom. The molecule has 0 atom stereocenters. The molecule has 2 rings (SSSR count). The summed E-state index contributed by atoms with van der Waals surface area (Å²) in [5, 5.41) is 2.82. The number of halogens is 1. The van der Waals surface area contributed by atoms with E-state index in [2.05, 4.69) is 26.1 Å². The predicted molar refractivity (Wildman–Crippen MR) is 93.0 cm³/mol. The topological polar surface area (TPSA) is 75.0 Å². The minimum atomic E-state index is -0.473. The SMILES string of the molecule is CC(C)(C)OC(=O)N1CCN(CCNC(=O)c2ccc(Br)o2)CC1. The molecule has 2 amide bonds. The Labute approximate surface area is 150 Å². The first-order valence-corrected chi connectivity index (χ1v) is 8.78. The van der Waals surface area contributed by atoms with Crippen molar-refractivity contribution < 1.29 is 18.7 Å². The first-order chi connectivity index (χ1) is 11.2. The number of ether oxygens (including phenoxy) is 1. The molecule has 0 spiro atoms. The second-order valence-corrected chi connectivity index (χ2v) is 7.45. The van der Waals surface area contributed by atoms with E-state index in [-0.39, 0.29) is 17.8 Å². The van der Waals surface area contributed by atoms with Gasteiger partial charge in [-0.3, -0.25) is 9.69 Å². The molecule has 0 radical (unpaired) electrons. The summed E-state index contributed by atoms with van der Waals surface area (Å²) in [5.74, 6) is 0.0599. The number of hydrogen-bond acceptors (Lipinski definition) is 5. The lowest BCUT2D eigenvalue weighted by Crippen LogP contribution is -2.51. The number of amides is 2. The van der Waals surface area contributed by atoms with Gasteiger partial charge in [0.2, 0.25) is 0 Å². The molecule has 134 valence electrons. The number of carbonyl (C=O) groups is 2. The van der Waals surface area contributed by atoms with E-state index in [0.717, 1.165) is 19.6 Å². The summed E-state index contributed by atoms with van der Waals surface area (Å²) < 4.78 is 11.1. The van der Waals surface area contributed by atoms with E-state index in [0.29, 0.717) is 24.3 Å². The normalized spacial score (nSPS) is 16.1. The number of piperazine rings is 1. The maximum absolute atomic E-state index is 12.0. The summed E-state index contributed by atoms with van der Waals surface area (Å²) in [6, 6.07) is 3.31. The molecule has 1 aliphatic heterocycles. The van der Waals surface area contributed by atoms with Gasteiger partial charge in [-0.05, 0) is 48.8 Å². The number of carbonyl (C=O) groups excluding carboxylic acids is 2. The van der Waals surface area contributed by atoms with Crippen molar-refractivity contribution in [1.29, 1.82) is 0 Å². The van der Waals surface area contributed by atoms with Crippen LogP contribution >= 0.6 is 15.9 Å². The van der Waals surface area contributed by atoms with Crippen LogP contribution in [0.5, 0.6) is 0 Å². The van der Waals surface area contributed by atoms with Gasteiger partial charge in [-0.1, -0.05) is 0 Å². The zero-order valence-electron chi connectivity index (χ0n) is 14.3. The number of furan rings is 1. The highest BCUT2D eigenvalue weighted by Crippen LogP contribution is 2.14. The van der Waals surface area contributed by atoms with Crippen LogP contribution < -0.4 is 5.32 Å². The molecular formula is C16H24BrN3O4. The largest absolute Gasteiger partial charge is 0.444 e. The fraction of sp³-hybridized carbons (Fsp3) is 0.625. The number of rotatable bonds is 4. The summed E-state index contributed by atoms with van der Waals surface area (Å²) in [6.45, 7) is 9.65. The van der Waals surface area contributed by atoms with E-state index in [1.165, 1.54) is 0 Å². The summed E-state index contributed by atoms with van der Waals surface area (Å²) in [6.07, 6.45) is -0.265. The minimum Gasteiger partial charge on any atom is -0.444 e. The van der Waals surface area contributed by atoms with Crippen molar-refractivity contribution >= 4 is 27.9 Å². The molecular weight excluding hydrogens is 378 g/mol. The van der Waals surface area contributed by atoms with Gasteiger partial charge in [0.1, 0.15) is 5.60 Å². The van der Waals surface area contributed by atoms with E-state index in [1.54, 1.807) is 17.0 Å². The highest BCUT2D eigenvalue weighted by Gasteiger charge is 2.25. The van der Waals surface area contributed by atoms with E-state index in [4.69, 9.17) is 9.15 Å². The van der Waals surface area contributed by atoms with Gasteiger partial charge in [-0.2, -0.15) is 0 Å². The Bertz CT molecular complexity index is 574. The van der Waals surface area contributed by atoms with Crippen LogP contribution in [0.25, 0.3) is 0 Å². The van der Waals surface area contributed by atoms with Crippen molar-refractivity contribution in [3.05, 3.63) is 22.6 Å². The van der Waals surface area contributed by atoms with E-state index in [1.807, 2.05) is 20.8 Å². The van der Waals surface area contributed by atoms with Crippen molar-refractivity contribution in [2.75, 3.05) is 39.3 Å². The molecule has 1 aromatic heterocycles. The predicted octanol–water partition coefficient (Wildman–Crippen LogP) is 2.32. The van der Waals surface area contributed by atoms with Crippen LogP contribution in [0.4, 0.5) is 4.79 Å². The van der Waals surface area contributed by atoms with Gasteiger partial charge in [-0.25, -0.2) is 4.79 Å². The van der Waals surface area contributed by atoms with Gasteiger partial charge in [0.05, 0.1) is 0 Å². The Balaban J connectivity index is 1.66. The summed E-state index contributed by atoms with van der Waals surface area (Å²) in [7, 11) is 0. The summed E-state index contributed by atoms with van der Waals surface area (Å²) in [5.41, 5.74) is -0.473. The lowest BCUT2D eigenvalue weighted by atomic mass is 10.2. The lowest BCUT2D eigenvalue weighted by Gasteiger charge is -2.35. The maximum atomic E-state index is 12.0. The number of nitrogens with one attached hydrogen (secondary N) is 1. The summed E-state index contributed by atoms with van der Waals surface area (Å²) in [4.78, 5) is 27.8. The third-order valence-electron chi connectivity index (χ3n) is 3.53. The third-order valence-corrected chi connectivity index (χ3v) is 3.96. The van der Waals surface area contributed by atoms with Crippen LogP contribution in [-0.4, -0.2) is 66.7 Å². The van der Waals surface area contributed by atoms with Gasteiger partial charge in [0.15, 0.2) is 10.4 Å². The first kappa shape index (κ1) is 18.8. The molecule has 0 aromatic carbocycles. The molecule has 0 bridgehead atoms. The Morgan fingerprint density at radius 1 is 1.25 bits per heavy atom. The van der Waals surface area contributed by atoms with E-state index in [9.17, 15) is 9.59 Å². The van der Waals surface area contributed by atoms with Gasteiger partial charge in [0, 0.05) is 39.3 Å². The highest BCUT2D eigenvalue weighted by molar-refractivity contribution is 9.10. The van der Waals surface area contributed by atoms with Gasteiger partial charge < -0.3 is 19.4 Å². The van der Waals surface area contributed by atoms with Gasteiger partial charge in [-0.15, -0.1) is 0 Å². The molecule has 1 saturated heterocycles. The molecule has 24 heavy (non-hydrogen) atoms. The smallest absolute Gasteiger partial charge is 0.410 e. The van der Waals surface area contributed by atoms with Crippen LogP contribution in [0.2, 0.25) is 0 Å². The fourth-order valence-corrected chi connectivity index (χ4v) is 2.64. The third kappa shape index (κ3) is 5.83. The van der Waals surface area contributed by atoms with Crippen molar-refractivity contribution in [3.63, 3.8) is 0 Å². The Kier molecular flexibility index (Phi) is 6.28. The zero-order valence-corrected chi connectivity index (χ0v) is 15.9. The van der Waals surface area contributed by atoms with E-state index >= 15 is 0 Å². The van der Waals surface area contributed by atoms with Crippen LogP contribution in [0.1, 0.15) is 31.3 Å². The maximum Gasteiger partial charge on any atom is 0.410 e. The second kappa shape index (κ2) is 8.02. The van der Waals surface area contributed by atoms with Crippen LogP contribution in [-0.2, 0) is 4.74 Å². The molecule has 8 heteroatoms. The molecule has 1 N–H and O–H groups in total. The zero-order chi connectivity index (χ0) is 17.7. The van der Waals surface area contributed by atoms with Gasteiger partial charge >= 0.3 is 6.09 Å². The fourth-order valence-electron chi connectivity index (χ4n) is 2.33. The van der Waals surface area contributed by atoms with Crippen LogP contribution in [0.3, 0.4) is 0 Å².